The first kappa shape index (κ1) is 29.1. The molecule has 0 saturated heterocycles. The van der Waals surface area contributed by atoms with Crippen LogP contribution in [0.1, 0.15) is 42.1 Å². The van der Waals surface area contributed by atoms with Crippen LogP contribution in [0.3, 0.4) is 0 Å². The molecule has 42 heavy (non-hydrogen) atoms. The molecular weight excluding hydrogens is 570 g/mol. The molecule has 2 aliphatic heterocycles. The van der Waals surface area contributed by atoms with Gasteiger partial charge in [-0.15, -0.1) is 0 Å². The van der Waals surface area contributed by atoms with E-state index in [4.69, 9.17) is 40.0 Å². The van der Waals surface area contributed by atoms with Gasteiger partial charge in [0.1, 0.15) is 22.1 Å². The van der Waals surface area contributed by atoms with E-state index in [1.807, 2.05) is 0 Å². The van der Waals surface area contributed by atoms with Crippen LogP contribution < -0.4 is 29.0 Å². The Hall–Kier alpha value is -4.38. The summed E-state index contributed by atoms with van der Waals surface area (Å²) in [5.41, 5.74) is -0.371. The van der Waals surface area contributed by atoms with E-state index in [0.717, 1.165) is 0 Å². The Bertz CT molecular complexity index is 1580. The van der Waals surface area contributed by atoms with Gasteiger partial charge in [-0.25, -0.2) is 4.79 Å². The predicted molar refractivity (Wildman–Crippen MR) is 150 cm³/mol. The number of hydrogen-bond donors (Lipinski definition) is 2. The monoisotopic (exact) mass is 599 g/mol. The van der Waals surface area contributed by atoms with Crippen LogP contribution in [0.15, 0.2) is 40.7 Å². The Kier molecular flexibility index (Phi) is 7.26. The minimum absolute atomic E-state index is 0.0182. The lowest BCUT2D eigenvalue weighted by molar-refractivity contribution is -0.136. The SMILES string of the molecule is COC(=O)C1=C(C)NC2=C(C(=O)[C@@]3(Oc4c(Cl)c(OC)cc(OC)c4C3=O)[C@H](C)C2)C1c1cc(OC)c(O)c(OC)c1. The van der Waals surface area contributed by atoms with Crippen molar-refractivity contribution in [3.63, 3.8) is 0 Å². The molecule has 0 aromatic heterocycles. The minimum Gasteiger partial charge on any atom is -0.502 e. The van der Waals surface area contributed by atoms with Crippen molar-refractivity contribution in [1.82, 2.24) is 5.32 Å². The molecule has 5 rings (SSSR count). The zero-order valence-corrected chi connectivity index (χ0v) is 24.8. The molecule has 0 amide bonds. The largest absolute Gasteiger partial charge is 0.502 e. The van der Waals surface area contributed by atoms with Crippen molar-refractivity contribution in [3.05, 3.63) is 56.9 Å². The standard InChI is InChI=1S/C30H30ClNO10/c1-12-8-15-22(27(34)30(12)28(35)23-16(37-3)11-17(38-4)24(31)26(23)42-30)21(20(13(2)32-15)29(36)41-7)14-9-18(39-5)25(33)19(10-14)40-6/h9-12,21,32-33H,8H2,1-7H3/t12-,21?,30+/m1/s1. The highest BCUT2D eigenvalue weighted by Gasteiger charge is 2.63. The van der Waals surface area contributed by atoms with Gasteiger partial charge in [0.15, 0.2) is 17.2 Å². The third kappa shape index (κ3) is 3.90. The number of Topliss-reactive ketones (excluding diaryl/α,β-unsaturated/α-hetero) is 2. The quantitative estimate of drug-likeness (QED) is 0.366. The Morgan fingerprint density at radius 3 is 2.12 bits per heavy atom. The number of allylic oxidation sites excluding steroid dienone is 2. The number of phenols is 1. The number of carbonyl (C=O) groups is 3. The molecule has 0 fully saturated rings. The fraction of sp³-hybridized carbons (Fsp3) is 0.367. The van der Waals surface area contributed by atoms with Crippen LogP contribution in [0.2, 0.25) is 5.02 Å². The fourth-order valence-electron chi connectivity index (χ4n) is 6.07. The van der Waals surface area contributed by atoms with Gasteiger partial charge < -0.3 is 38.8 Å². The Morgan fingerprint density at radius 1 is 0.976 bits per heavy atom. The van der Waals surface area contributed by atoms with E-state index in [0.29, 0.717) is 17.0 Å². The summed E-state index contributed by atoms with van der Waals surface area (Å²) in [4.78, 5) is 42.3. The zero-order chi connectivity index (χ0) is 30.7. The maximum absolute atomic E-state index is 14.8. The first-order chi connectivity index (χ1) is 20.0. The van der Waals surface area contributed by atoms with Gasteiger partial charge in [0.25, 0.3) is 0 Å². The summed E-state index contributed by atoms with van der Waals surface area (Å²) in [7, 11) is 6.76. The van der Waals surface area contributed by atoms with Crippen molar-refractivity contribution in [2.75, 3.05) is 35.5 Å². The summed E-state index contributed by atoms with van der Waals surface area (Å²) < 4.78 is 33.0. The highest BCUT2D eigenvalue weighted by Crippen LogP contribution is 2.56. The molecule has 2 aromatic rings. The maximum atomic E-state index is 14.8. The normalized spacial score (nSPS) is 22.8. The molecule has 1 aliphatic carbocycles. The summed E-state index contributed by atoms with van der Waals surface area (Å²) in [5.74, 6) is -3.47. The highest BCUT2D eigenvalue weighted by molar-refractivity contribution is 6.36. The number of hydrogen-bond acceptors (Lipinski definition) is 11. The number of halogens is 1. The van der Waals surface area contributed by atoms with Gasteiger partial charge in [-0.1, -0.05) is 18.5 Å². The molecule has 3 aliphatic rings. The molecular formula is C30H30ClNO10. The molecule has 11 nitrogen and oxygen atoms in total. The number of phenolic OH excluding ortho intramolecular Hbond substituents is 1. The molecule has 0 bridgehead atoms. The summed E-state index contributed by atoms with van der Waals surface area (Å²) in [5, 5.41) is 13.8. The van der Waals surface area contributed by atoms with E-state index in [-0.39, 0.29) is 62.7 Å². The molecule has 222 valence electrons. The number of ether oxygens (including phenoxy) is 6. The topological polar surface area (TPSA) is 139 Å². The lowest BCUT2D eigenvalue weighted by Crippen LogP contribution is -2.58. The second-order valence-corrected chi connectivity index (χ2v) is 10.5. The van der Waals surface area contributed by atoms with Crippen molar-refractivity contribution < 1.29 is 47.9 Å². The Labute approximate surface area is 246 Å². The van der Waals surface area contributed by atoms with Gasteiger partial charge >= 0.3 is 5.97 Å². The highest BCUT2D eigenvalue weighted by atomic mass is 35.5. The van der Waals surface area contributed by atoms with Crippen molar-refractivity contribution in [2.24, 2.45) is 5.92 Å². The number of benzene rings is 2. The Morgan fingerprint density at radius 2 is 1.57 bits per heavy atom. The van der Waals surface area contributed by atoms with Gasteiger partial charge in [0, 0.05) is 34.9 Å². The Balaban J connectivity index is 1.75. The number of esters is 1. The number of carbonyl (C=O) groups excluding carboxylic acids is 3. The number of rotatable bonds is 6. The van der Waals surface area contributed by atoms with Gasteiger partial charge in [0.2, 0.25) is 22.9 Å². The van der Waals surface area contributed by atoms with Crippen LogP contribution in [-0.4, -0.2) is 63.8 Å². The van der Waals surface area contributed by atoms with Gasteiger partial charge in [0.05, 0.1) is 41.1 Å². The van der Waals surface area contributed by atoms with E-state index in [1.54, 1.807) is 13.8 Å². The number of aromatic hydroxyl groups is 1. The first-order valence-corrected chi connectivity index (χ1v) is 13.3. The van der Waals surface area contributed by atoms with Gasteiger partial charge in [-0.05, 0) is 31.0 Å². The van der Waals surface area contributed by atoms with Gasteiger partial charge in [-0.3, -0.25) is 9.59 Å². The van der Waals surface area contributed by atoms with Crippen LogP contribution in [-0.2, 0) is 14.3 Å². The van der Waals surface area contributed by atoms with Crippen LogP contribution >= 0.6 is 11.6 Å². The van der Waals surface area contributed by atoms with E-state index >= 15 is 0 Å². The van der Waals surface area contributed by atoms with E-state index in [1.165, 1.54) is 53.7 Å². The third-order valence-electron chi connectivity index (χ3n) is 8.09. The number of fused-ring (bicyclic) bond motifs is 1. The number of dihydropyridines is 1. The smallest absolute Gasteiger partial charge is 0.336 e. The molecule has 0 saturated carbocycles. The molecule has 1 unspecified atom stereocenters. The second kappa shape index (κ2) is 10.5. The van der Waals surface area contributed by atoms with Crippen molar-refractivity contribution in [1.29, 1.82) is 0 Å². The van der Waals surface area contributed by atoms with Crippen molar-refractivity contribution >= 4 is 29.1 Å². The lowest BCUT2D eigenvalue weighted by atomic mass is 9.65. The maximum Gasteiger partial charge on any atom is 0.336 e. The molecule has 12 heteroatoms. The predicted octanol–water partition coefficient (Wildman–Crippen LogP) is 4.09. The average molecular weight is 600 g/mol. The number of ketones is 2. The van der Waals surface area contributed by atoms with E-state index in [2.05, 4.69) is 5.32 Å². The first-order valence-electron chi connectivity index (χ1n) is 13.0. The second-order valence-electron chi connectivity index (χ2n) is 10.2. The summed E-state index contributed by atoms with van der Waals surface area (Å²) in [6.45, 7) is 3.43. The van der Waals surface area contributed by atoms with Crippen LogP contribution in [0, 0.1) is 5.92 Å². The number of nitrogens with one attached hydrogen (secondary N) is 1. The molecule has 1 spiro atoms. The molecule has 0 radical (unpaired) electrons. The van der Waals surface area contributed by atoms with E-state index < -0.39 is 35.0 Å². The minimum atomic E-state index is -2.01. The summed E-state index contributed by atoms with van der Waals surface area (Å²) >= 11 is 6.58. The summed E-state index contributed by atoms with van der Waals surface area (Å²) in [6.07, 6.45) is 0.215. The van der Waals surface area contributed by atoms with Crippen molar-refractivity contribution in [2.45, 2.75) is 31.8 Å². The third-order valence-corrected chi connectivity index (χ3v) is 8.45. The van der Waals surface area contributed by atoms with Crippen LogP contribution in [0.5, 0.6) is 34.5 Å². The molecule has 2 aromatic carbocycles. The van der Waals surface area contributed by atoms with Gasteiger partial charge in [-0.2, -0.15) is 0 Å². The fourth-order valence-corrected chi connectivity index (χ4v) is 6.33. The average Bonchev–Trinajstić information content (AvgIpc) is 3.30. The molecule has 2 heterocycles. The van der Waals surface area contributed by atoms with Crippen molar-refractivity contribution in [3.8, 4) is 34.5 Å². The zero-order valence-electron chi connectivity index (χ0n) is 24.1. The number of methoxy groups -OCH3 is 5. The van der Waals surface area contributed by atoms with Crippen LogP contribution in [0.4, 0.5) is 0 Å². The van der Waals surface area contributed by atoms with E-state index in [9.17, 15) is 19.5 Å². The van der Waals surface area contributed by atoms with Crippen LogP contribution in [0.25, 0.3) is 0 Å². The lowest BCUT2D eigenvalue weighted by Gasteiger charge is -2.42. The molecule has 3 atom stereocenters. The summed E-state index contributed by atoms with van der Waals surface area (Å²) in [6, 6.07) is 4.47. The molecule has 2 N–H and O–H groups in total.